The van der Waals surface area contributed by atoms with E-state index in [2.05, 4.69) is 14.8 Å². The summed E-state index contributed by atoms with van der Waals surface area (Å²) in [5, 5.41) is 0. The van der Waals surface area contributed by atoms with E-state index in [1.807, 2.05) is 6.92 Å². The Morgan fingerprint density at radius 2 is 2.10 bits per heavy atom. The third-order valence-corrected chi connectivity index (χ3v) is 1.10. The first kappa shape index (κ1) is 6.69. The van der Waals surface area contributed by atoms with Gasteiger partial charge < -0.3 is 4.85 Å². The van der Waals surface area contributed by atoms with E-state index in [0.717, 1.165) is 11.4 Å². The molecule has 1 rings (SSSR count). The largest absolute Gasteiger partial charge is 0.312 e. The standard InChI is InChI=1S/C7H7N3/c1-6-9-4-7(3-8-2)5-10-6/h4-5H,3H2,1H3. The zero-order chi connectivity index (χ0) is 7.40. The number of hydrogen-bond acceptors (Lipinski definition) is 2. The minimum atomic E-state index is 0.375. The summed E-state index contributed by atoms with van der Waals surface area (Å²) in [6.07, 6.45) is 3.36. The molecule has 1 aromatic rings. The average Bonchev–Trinajstić information content (AvgIpc) is 1.95. The highest BCUT2D eigenvalue weighted by Crippen LogP contribution is 1.96. The van der Waals surface area contributed by atoms with E-state index < -0.39 is 0 Å². The second kappa shape index (κ2) is 2.92. The van der Waals surface area contributed by atoms with Crippen molar-refractivity contribution in [3.63, 3.8) is 0 Å². The summed E-state index contributed by atoms with van der Waals surface area (Å²) in [5.74, 6) is 0.744. The number of aromatic nitrogens is 2. The third kappa shape index (κ3) is 1.52. The molecule has 0 radical (unpaired) electrons. The van der Waals surface area contributed by atoms with Crippen LogP contribution in [0.2, 0.25) is 0 Å². The van der Waals surface area contributed by atoms with Crippen molar-refractivity contribution in [3.8, 4) is 0 Å². The minimum Gasteiger partial charge on any atom is -0.312 e. The maximum Gasteiger partial charge on any atom is 0.242 e. The molecule has 0 aliphatic carbocycles. The summed E-state index contributed by atoms with van der Waals surface area (Å²) in [4.78, 5) is 11.1. The lowest BCUT2D eigenvalue weighted by atomic mass is 10.3. The van der Waals surface area contributed by atoms with E-state index in [1.54, 1.807) is 12.4 Å². The van der Waals surface area contributed by atoms with Crippen molar-refractivity contribution in [1.29, 1.82) is 0 Å². The first-order valence-electron chi connectivity index (χ1n) is 2.93. The van der Waals surface area contributed by atoms with Crippen LogP contribution in [0.15, 0.2) is 12.4 Å². The zero-order valence-corrected chi connectivity index (χ0v) is 5.70. The van der Waals surface area contributed by atoms with Gasteiger partial charge in [-0.3, -0.25) is 0 Å². The molecule has 0 amide bonds. The Balaban J connectivity index is 2.81. The summed E-state index contributed by atoms with van der Waals surface area (Å²) >= 11 is 0. The molecular formula is C7H7N3. The summed E-state index contributed by atoms with van der Waals surface area (Å²) in [5.41, 5.74) is 0.876. The fourth-order valence-electron chi connectivity index (χ4n) is 0.592. The van der Waals surface area contributed by atoms with Crippen LogP contribution in [-0.4, -0.2) is 9.97 Å². The minimum absolute atomic E-state index is 0.375. The Morgan fingerprint density at radius 3 is 2.60 bits per heavy atom. The van der Waals surface area contributed by atoms with Gasteiger partial charge in [-0.1, -0.05) is 0 Å². The molecule has 0 bridgehead atoms. The highest BCUT2D eigenvalue weighted by Gasteiger charge is 1.93. The molecule has 0 atom stereocenters. The SMILES string of the molecule is [C-]#[N+]Cc1cnc(C)nc1. The van der Waals surface area contributed by atoms with E-state index in [4.69, 9.17) is 6.57 Å². The highest BCUT2D eigenvalue weighted by atomic mass is 14.8. The molecule has 1 heterocycles. The second-order valence-corrected chi connectivity index (χ2v) is 1.95. The van der Waals surface area contributed by atoms with E-state index in [-0.39, 0.29) is 0 Å². The Labute approximate surface area is 59.6 Å². The molecular weight excluding hydrogens is 126 g/mol. The van der Waals surface area contributed by atoms with Crippen LogP contribution >= 0.6 is 0 Å². The van der Waals surface area contributed by atoms with Crippen LogP contribution in [0.1, 0.15) is 11.4 Å². The van der Waals surface area contributed by atoms with Crippen LogP contribution in [0, 0.1) is 13.5 Å². The van der Waals surface area contributed by atoms with Crippen LogP contribution in [0.3, 0.4) is 0 Å². The Bertz CT molecular complexity index is 245. The maximum atomic E-state index is 6.56. The molecule has 1 aromatic heterocycles. The molecule has 0 spiro atoms. The van der Waals surface area contributed by atoms with Gasteiger partial charge in [-0.05, 0) is 6.92 Å². The van der Waals surface area contributed by atoms with Gasteiger partial charge in [0.2, 0.25) is 6.54 Å². The van der Waals surface area contributed by atoms with E-state index in [9.17, 15) is 0 Å². The predicted molar refractivity (Wildman–Crippen MR) is 37.1 cm³/mol. The molecule has 10 heavy (non-hydrogen) atoms. The molecule has 0 saturated carbocycles. The molecule has 3 nitrogen and oxygen atoms in total. The van der Waals surface area contributed by atoms with Gasteiger partial charge in [-0.15, -0.1) is 0 Å². The second-order valence-electron chi connectivity index (χ2n) is 1.95. The monoisotopic (exact) mass is 133 g/mol. The van der Waals surface area contributed by atoms with Gasteiger partial charge in [0.25, 0.3) is 0 Å². The predicted octanol–water partition coefficient (Wildman–Crippen LogP) is 1.20. The first-order chi connectivity index (χ1) is 4.83. The normalized spacial score (nSPS) is 8.80. The van der Waals surface area contributed by atoms with E-state index >= 15 is 0 Å². The Morgan fingerprint density at radius 1 is 1.50 bits per heavy atom. The van der Waals surface area contributed by atoms with Gasteiger partial charge in [0.05, 0.1) is 5.56 Å². The van der Waals surface area contributed by atoms with Gasteiger partial charge in [-0.2, -0.15) is 0 Å². The average molecular weight is 133 g/mol. The van der Waals surface area contributed by atoms with Crippen LogP contribution < -0.4 is 0 Å². The molecule has 0 unspecified atom stereocenters. The zero-order valence-electron chi connectivity index (χ0n) is 5.70. The van der Waals surface area contributed by atoms with Crippen LogP contribution in [0.25, 0.3) is 4.85 Å². The molecule has 0 fully saturated rings. The van der Waals surface area contributed by atoms with Crippen molar-refractivity contribution in [1.82, 2.24) is 9.97 Å². The molecule has 3 heteroatoms. The van der Waals surface area contributed by atoms with Crippen molar-refractivity contribution >= 4 is 0 Å². The lowest BCUT2D eigenvalue weighted by Gasteiger charge is -1.89. The van der Waals surface area contributed by atoms with Gasteiger partial charge in [-0.25, -0.2) is 16.5 Å². The van der Waals surface area contributed by atoms with Crippen molar-refractivity contribution < 1.29 is 0 Å². The summed E-state index contributed by atoms with van der Waals surface area (Å²) < 4.78 is 0. The van der Waals surface area contributed by atoms with Crippen molar-refractivity contribution in [3.05, 3.63) is 35.2 Å². The maximum absolute atomic E-state index is 6.56. The lowest BCUT2D eigenvalue weighted by molar-refractivity contribution is 1.01. The smallest absolute Gasteiger partial charge is 0.242 e. The van der Waals surface area contributed by atoms with Crippen LogP contribution in [-0.2, 0) is 6.54 Å². The van der Waals surface area contributed by atoms with Gasteiger partial charge in [0.1, 0.15) is 5.82 Å². The molecule has 0 aliphatic heterocycles. The molecule has 0 aliphatic rings. The fourth-order valence-corrected chi connectivity index (χ4v) is 0.592. The van der Waals surface area contributed by atoms with E-state index in [0.29, 0.717) is 6.54 Å². The summed E-state index contributed by atoms with van der Waals surface area (Å²) in [6.45, 7) is 8.76. The van der Waals surface area contributed by atoms with Crippen LogP contribution in [0.5, 0.6) is 0 Å². The number of hydrogen-bond donors (Lipinski definition) is 0. The number of aryl methyl sites for hydroxylation is 1. The number of rotatable bonds is 1. The summed E-state index contributed by atoms with van der Waals surface area (Å²) in [7, 11) is 0. The fraction of sp³-hybridized carbons (Fsp3) is 0.286. The number of nitrogens with zero attached hydrogens (tertiary/aromatic N) is 3. The van der Waals surface area contributed by atoms with E-state index in [1.165, 1.54) is 0 Å². The molecule has 50 valence electrons. The quantitative estimate of drug-likeness (QED) is 0.539. The lowest BCUT2D eigenvalue weighted by Crippen LogP contribution is -1.88. The third-order valence-electron chi connectivity index (χ3n) is 1.10. The van der Waals surface area contributed by atoms with Gasteiger partial charge in [0, 0.05) is 12.4 Å². The van der Waals surface area contributed by atoms with Gasteiger partial charge >= 0.3 is 0 Å². The molecule has 0 N–H and O–H groups in total. The Kier molecular flexibility index (Phi) is 1.96. The first-order valence-corrected chi connectivity index (χ1v) is 2.93. The summed E-state index contributed by atoms with van der Waals surface area (Å²) in [6, 6.07) is 0. The van der Waals surface area contributed by atoms with Crippen molar-refractivity contribution in [2.75, 3.05) is 0 Å². The molecule has 0 aromatic carbocycles. The van der Waals surface area contributed by atoms with Crippen molar-refractivity contribution in [2.45, 2.75) is 13.5 Å². The Hall–Kier alpha value is -1.43. The van der Waals surface area contributed by atoms with Gasteiger partial charge in [0.15, 0.2) is 0 Å². The molecule has 0 saturated heterocycles. The highest BCUT2D eigenvalue weighted by molar-refractivity contribution is 5.06. The van der Waals surface area contributed by atoms with Crippen molar-refractivity contribution in [2.24, 2.45) is 0 Å². The topological polar surface area (TPSA) is 30.1 Å². The van der Waals surface area contributed by atoms with Crippen LogP contribution in [0.4, 0.5) is 0 Å².